The average Bonchev–Trinajstić information content (AvgIpc) is 1.89. The molecule has 0 bridgehead atoms. The minimum atomic E-state index is 0.900. The monoisotopic (exact) mass is 128 g/mol. The molecule has 9 heavy (non-hydrogen) atoms. The summed E-state index contributed by atoms with van der Waals surface area (Å²) in [6.45, 7) is 2.95. The predicted octanol–water partition coefficient (Wildman–Crippen LogP) is 2.38. The Bertz CT molecular complexity index is 67.0. The highest BCUT2D eigenvalue weighted by atomic mass is 16.5. The van der Waals surface area contributed by atoms with Gasteiger partial charge in [0.25, 0.3) is 0 Å². The molecule has 0 unspecified atom stereocenters. The molecule has 0 saturated carbocycles. The molecule has 0 aliphatic carbocycles. The second kappa shape index (κ2) is 7.70. The first-order valence-electron chi connectivity index (χ1n) is 3.52. The van der Waals surface area contributed by atoms with Gasteiger partial charge >= 0.3 is 0 Å². The van der Waals surface area contributed by atoms with Crippen molar-refractivity contribution in [2.24, 2.45) is 0 Å². The van der Waals surface area contributed by atoms with Crippen LogP contribution >= 0.6 is 0 Å². The number of methoxy groups -OCH3 is 1. The van der Waals surface area contributed by atoms with Crippen molar-refractivity contribution in [2.75, 3.05) is 13.7 Å². The lowest BCUT2D eigenvalue weighted by molar-refractivity contribution is 0.193. The van der Waals surface area contributed by atoms with Gasteiger partial charge in [-0.15, -0.1) is 0 Å². The normalized spacial score (nSPS) is 10.9. The maximum Gasteiger partial charge on any atom is 0.0462 e. The summed E-state index contributed by atoms with van der Waals surface area (Å²) in [4.78, 5) is 0. The number of rotatable bonds is 5. The van der Waals surface area contributed by atoms with Crippen molar-refractivity contribution in [2.45, 2.75) is 26.2 Å². The summed E-state index contributed by atoms with van der Waals surface area (Å²) < 4.78 is 4.90. The second-order valence-electron chi connectivity index (χ2n) is 2.06. The molecule has 0 aliphatic rings. The van der Waals surface area contributed by atoms with Gasteiger partial charge in [-0.25, -0.2) is 0 Å². The SMILES string of the molecule is C/C=C/CCCCOC. The Morgan fingerprint density at radius 1 is 1.33 bits per heavy atom. The van der Waals surface area contributed by atoms with Crippen LogP contribution in [0, 0.1) is 0 Å². The molecule has 0 fully saturated rings. The van der Waals surface area contributed by atoms with Gasteiger partial charge in [0.05, 0.1) is 0 Å². The van der Waals surface area contributed by atoms with Crippen molar-refractivity contribution in [3.63, 3.8) is 0 Å². The number of hydrogen-bond acceptors (Lipinski definition) is 1. The molecule has 0 rings (SSSR count). The zero-order valence-corrected chi connectivity index (χ0v) is 6.39. The zero-order chi connectivity index (χ0) is 6.95. The first-order chi connectivity index (χ1) is 4.41. The fourth-order valence-corrected chi connectivity index (χ4v) is 0.675. The maximum atomic E-state index is 4.90. The highest BCUT2D eigenvalue weighted by molar-refractivity contribution is 4.75. The highest BCUT2D eigenvalue weighted by Gasteiger charge is 1.82. The van der Waals surface area contributed by atoms with Crippen LogP contribution in [0.1, 0.15) is 26.2 Å². The molecular weight excluding hydrogens is 112 g/mol. The van der Waals surface area contributed by atoms with E-state index in [1.807, 2.05) is 0 Å². The second-order valence-corrected chi connectivity index (χ2v) is 2.06. The number of ether oxygens (including phenoxy) is 1. The minimum absolute atomic E-state index is 0.900. The summed E-state index contributed by atoms with van der Waals surface area (Å²) in [6.07, 6.45) is 7.90. The van der Waals surface area contributed by atoms with E-state index in [1.165, 1.54) is 19.3 Å². The fraction of sp³-hybridized carbons (Fsp3) is 0.750. The van der Waals surface area contributed by atoms with Gasteiger partial charge in [-0.3, -0.25) is 0 Å². The Balaban J connectivity index is 2.75. The molecule has 1 heteroatoms. The molecule has 54 valence electrons. The standard InChI is InChI=1S/C8H16O/c1-3-4-5-6-7-8-9-2/h3-4H,5-8H2,1-2H3/b4-3+. The van der Waals surface area contributed by atoms with Crippen LogP contribution in [0.15, 0.2) is 12.2 Å². The van der Waals surface area contributed by atoms with Gasteiger partial charge in [0, 0.05) is 13.7 Å². The van der Waals surface area contributed by atoms with Crippen molar-refractivity contribution in [3.8, 4) is 0 Å². The summed E-state index contributed by atoms with van der Waals surface area (Å²) >= 11 is 0. The van der Waals surface area contributed by atoms with Crippen molar-refractivity contribution in [3.05, 3.63) is 12.2 Å². The molecule has 0 aliphatic heterocycles. The summed E-state index contributed by atoms with van der Waals surface area (Å²) in [5, 5.41) is 0. The van der Waals surface area contributed by atoms with E-state index in [1.54, 1.807) is 7.11 Å². The molecular formula is C8H16O. The lowest BCUT2D eigenvalue weighted by Crippen LogP contribution is -1.86. The van der Waals surface area contributed by atoms with Crippen molar-refractivity contribution < 1.29 is 4.74 Å². The lowest BCUT2D eigenvalue weighted by atomic mass is 10.2. The van der Waals surface area contributed by atoms with Gasteiger partial charge in [0.1, 0.15) is 0 Å². The summed E-state index contributed by atoms with van der Waals surface area (Å²) in [7, 11) is 1.75. The van der Waals surface area contributed by atoms with Gasteiger partial charge < -0.3 is 4.74 Å². The molecule has 0 saturated heterocycles. The first-order valence-corrected chi connectivity index (χ1v) is 3.52. The predicted molar refractivity (Wildman–Crippen MR) is 40.5 cm³/mol. The van der Waals surface area contributed by atoms with E-state index < -0.39 is 0 Å². The topological polar surface area (TPSA) is 9.23 Å². The minimum Gasteiger partial charge on any atom is -0.385 e. The smallest absolute Gasteiger partial charge is 0.0462 e. The van der Waals surface area contributed by atoms with Crippen LogP contribution in [0.25, 0.3) is 0 Å². The third-order valence-electron chi connectivity index (χ3n) is 1.20. The summed E-state index contributed by atoms with van der Waals surface area (Å²) in [5.74, 6) is 0. The van der Waals surface area contributed by atoms with Gasteiger partial charge in [-0.1, -0.05) is 12.2 Å². The van der Waals surface area contributed by atoms with E-state index in [0.717, 1.165) is 6.61 Å². The third-order valence-corrected chi connectivity index (χ3v) is 1.20. The Kier molecular flexibility index (Phi) is 7.44. The lowest BCUT2D eigenvalue weighted by Gasteiger charge is -1.94. The molecule has 1 nitrogen and oxygen atoms in total. The molecule has 0 heterocycles. The Morgan fingerprint density at radius 3 is 2.67 bits per heavy atom. The fourth-order valence-electron chi connectivity index (χ4n) is 0.675. The Morgan fingerprint density at radius 2 is 2.11 bits per heavy atom. The van der Waals surface area contributed by atoms with Crippen molar-refractivity contribution in [1.29, 1.82) is 0 Å². The molecule has 0 atom stereocenters. The van der Waals surface area contributed by atoms with Gasteiger partial charge in [0.2, 0.25) is 0 Å². The quantitative estimate of drug-likeness (QED) is 0.408. The van der Waals surface area contributed by atoms with E-state index in [9.17, 15) is 0 Å². The first kappa shape index (κ1) is 8.70. The average molecular weight is 128 g/mol. The summed E-state index contributed by atoms with van der Waals surface area (Å²) in [5.41, 5.74) is 0. The van der Waals surface area contributed by atoms with Crippen LogP contribution in [0.3, 0.4) is 0 Å². The molecule has 0 aromatic carbocycles. The van der Waals surface area contributed by atoms with Crippen LogP contribution in [0.5, 0.6) is 0 Å². The van der Waals surface area contributed by atoms with Crippen molar-refractivity contribution >= 4 is 0 Å². The molecule has 0 aromatic rings. The Hall–Kier alpha value is -0.300. The summed E-state index contributed by atoms with van der Waals surface area (Å²) in [6, 6.07) is 0. The largest absolute Gasteiger partial charge is 0.385 e. The van der Waals surface area contributed by atoms with Gasteiger partial charge in [0.15, 0.2) is 0 Å². The zero-order valence-electron chi connectivity index (χ0n) is 6.39. The van der Waals surface area contributed by atoms with E-state index >= 15 is 0 Å². The molecule has 0 radical (unpaired) electrons. The van der Waals surface area contributed by atoms with Gasteiger partial charge in [-0.05, 0) is 26.2 Å². The van der Waals surface area contributed by atoms with E-state index in [4.69, 9.17) is 4.74 Å². The van der Waals surface area contributed by atoms with Crippen molar-refractivity contribution in [1.82, 2.24) is 0 Å². The van der Waals surface area contributed by atoms with Crippen LogP contribution in [0.4, 0.5) is 0 Å². The van der Waals surface area contributed by atoms with Crippen LogP contribution in [-0.4, -0.2) is 13.7 Å². The maximum absolute atomic E-state index is 4.90. The Labute approximate surface area is 57.7 Å². The molecule has 0 amide bonds. The van der Waals surface area contributed by atoms with Crippen LogP contribution in [0.2, 0.25) is 0 Å². The number of unbranched alkanes of at least 4 members (excludes halogenated alkanes) is 2. The third kappa shape index (κ3) is 7.70. The van der Waals surface area contributed by atoms with Crippen LogP contribution < -0.4 is 0 Å². The molecule has 0 spiro atoms. The van der Waals surface area contributed by atoms with E-state index in [-0.39, 0.29) is 0 Å². The number of hydrogen-bond donors (Lipinski definition) is 0. The molecule has 0 aromatic heterocycles. The molecule has 0 N–H and O–H groups in total. The highest BCUT2D eigenvalue weighted by Crippen LogP contribution is 1.95. The number of allylic oxidation sites excluding steroid dienone is 2. The van der Waals surface area contributed by atoms with E-state index in [0.29, 0.717) is 0 Å². The van der Waals surface area contributed by atoms with E-state index in [2.05, 4.69) is 19.1 Å². The van der Waals surface area contributed by atoms with Gasteiger partial charge in [-0.2, -0.15) is 0 Å². The van der Waals surface area contributed by atoms with Crippen LogP contribution in [-0.2, 0) is 4.74 Å².